The van der Waals surface area contributed by atoms with Crippen LogP contribution in [0.4, 0.5) is 11.8 Å². The average Bonchev–Trinajstić information content (AvgIpc) is 3.17. The van der Waals surface area contributed by atoms with Gasteiger partial charge in [-0.1, -0.05) is 18.7 Å². The third-order valence-corrected chi connectivity index (χ3v) is 4.46. The fraction of sp³-hybridized carbons (Fsp3) is 0.429. The number of rotatable bonds is 7. The molecule has 2 heterocycles. The Balaban J connectivity index is 2.26. The van der Waals surface area contributed by atoms with Crippen molar-refractivity contribution in [1.82, 2.24) is 24.5 Å². The van der Waals surface area contributed by atoms with Gasteiger partial charge >= 0.3 is 5.97 Å². The van der Waals surface area contributed by atoms with Gasteiger partial charge in [0.1, 0.15) is 23.5 Å². The number of nitrogens with one attached hydrogen (secondary N) is 1. The summed E-state index contributed by atoms with van der Waals surface area (Å²) < 4.78 is 7.44. The Labute approximate surface area is 153 Å². The molecule has 138 valence electrons. The standard InChI is InChI=1S/C14H18N8O3S/c1-4-9(12(24)18-11-8(5-15)6-17-21(11)2)22-13(16)19-20-14(22)26-7-10(23)25-3/h6,9H,4,7H2,1-3H3,(H2,16,19)(H,18,24). The number of anilines is 2. The third-order valence-electron chi connectivity index (χ3n) is 3.54. The molecule has 2 aromatic heterocycles. The Morgan fingerprint density at radius 3 is 2.85 bits per heavy atom. The van der Waals surface area contributed by atoms with E-state index in [1.165, 1.54) is 22.6 Å². The van der Waals surface area contributed by atoms with Crippen LogP contribution in [0.25, 0.3) is 0 Å². The van der Waals surface area contributed by atoms with Gasteiger partial charge in [-0.15, -0.1) is 10.2 Å². The SMILES string of the molecule is CCC(C(=O)Nc1c(C#N)cnn1C)n1c(N)nnc1SCC(=O)OC. The van der Waals surface area contributed by atoms with Crippen LogP contribution in [0.5, 0.6) is 0 Å². The van der Waals surface area contributed by atoms with E-state index in [1.54, 1.807) is 14.0 Å². The summed E-state index contributed by atoms with van der Waals surface area (Å²) in [6.45, 7) is 1.80. The molecule has 0 bridgehead atoms. The molecule has 0 aliphatic carbocycles. The second-order valence-corrected chi connectivity index (χ2v) is 6.07. The number of aryl methyl sites for hydroxylation is 1. The van der Waals surface area contributed by atoms with E-state index in [4.69, 9.17) is 11.0 Å². The highest BCUT2D eigenvalue weighted by Crippen LogP contribution is 2.26. The van der Waals surface area contributed by atoms with Gasteiger partial charge in [-0.05, 0) is 6.42 Å². The van der Waals surface area contributed by atoms with Gasteiger partial charge < -0.3 is 15.8 Å². The lowest BCUT2D eigenvalue weighted by atomic mass is 10.2. The molecule has 26 heavy (non-hydrogen) atoms. The lowest BCUT2D eigenvalue weighted by Gasteiger charge is -2.19. The van der Waals surface area contributed by atoms with E-state index in [0.29, 0.717) is 11.6 Å². The van der Waals surface area contributed by atoms with Crippen LogP contribution < -0.4 is 11.1 Å². The predicted molar refractivity (Wildman–Crippen MR) is 93.1 cm³/mol. The van der Waals surface area contributed by atoms with Crippen LogP contribution in [0, 0.1) is 11.3 Å². The zero-order valence-electron chi connectivity index (χ0n) is 14.5. The first-order valence-corrected chi connectivity index (χ1v) is 8.54. The van der Waals surface area contributed by atoms with Gasteiger partial charge in [0.05, 0.1) is 19.1 Å². The van der Waals surface area contributed by atoms with E-state index in [9.17, 15) is 9.59 Å². The van der Waals surface area contributed by atoms with Crippen LogP contribution >= 0.6 is 11.8 Å². The third kappa shape index (κ3) is 3.94. The number of esters is 1. The van der Waals surface area contributed by atoms with Crippen molar-refractivity contribution in [1.29, 1.82) is 5.26 Å². The smallest absolute Gasteiger partial charge is 0.316 e. The van der Waals surface area contributed by atoms with E-state index in [0.717, 1.165) is 11.8 Å². The highest BCUT2D eigenvalue weighted by molar-refractivity contribution is 7.99. The second kappa shape index (κ2) is 8.34. The Morgan fingerprint density at radius 2 is 2.23 bits per heavy atom. The topological polar surface area (TPSA) is 154 Å². The number of ether oxygens (including phenoxy) is 1. The van der Waals surface area contributed by atoms with Crippen molar-refractivity contribution in [3.8, 4) is 6.07 Å². The van der Waals surface area contributed by atoms with Gasteiger partial charge in [0.15, 0.2) is 5.16 Å². The summed E-state index contributed by atoms with van der Waals surface area (Å²) in [5.74, 6) is -0.503. The molecule has 3 N–H and O–H groups in total. The maximum Gasteiger partial charge on any atom is 0.316 e. The van der Waals surface area contributed by atoms with E-state index in [2.05, 4.69) is 25.3 Å². The Bertz CT molecular complexity index is 853. The molecule has 0 radical (unpaired) electrons. The van der Waals surface area contributed by atoms with Crippen LogP contribution in [0.1, 0.15) is 24.9 Å². The molecule has 1 atom stereocenters. The highest BCUT2D eigenvalue weighted by Gasteiger charge is 2.26. The fourth-order valence-corrected chi connectivity index (χ4v) is 3.04. The zero-order chi connectivity index (χ0) is 19.3. The Kier molecular flexibility index (Phi) is 6.18. The van der Waals surface area contributed by atoms with Crippen molar-refractivity contribution < 1.29 is 14.3 Å². The molecule has 12 heteroatoms. The minimum Gasteiger partial charge on any atom is -0.468 e. The quantitative estimate of drug-likeness (QED) is 0.512. The Morgan fingerprint density at radius 1 is 1.50 bits per heavy atom. The molecule has 0 fully saturated rings. The number of nitriles is 1. The van der Waals surface area contributed by atoms with Gasteiger partial charge in [0.25, 0.3) is 0 Å². The first-order valence-electron chi connectivity index (χ1n) is 7.55. The van der Waals surface area contributed by atoms with Crippen LogP contribution in [0.2, 0.25) is 0 Å². The molecule has 0 aliphatic heterocycles. The maximum atomic E-state index is 12.8. The van der Waals surface area contributed by atoms with Crippen molar-refractivity contribution in [3.63, 3.8) is 0 Å². The van der Waals surface area contributed by atoms with Crippen LogP contribution in [0.15, 0.2) is 11.4 Å². The van der Waals surface area contributed by atoms with Crippen molar-refractivity contribution in [2.24, 2.45) is 7.05 Å². The summed E-state index contributed by atoms with van der Waals surface area (Å²) in [5, 5.41) is 23.8. The summed E-state index contributed by atoms with van der Waals surface area (Å²) >= 11 is 1.07. The number of hydrogen-bond acceptors (Lipinski definition) is 9. The summed E-state index contributed by atoms with van der Waals surface area (Å²) in [6, 6.07) is 1.24. The van der Waals surface area contributed by atoms with Crippen LogP contribution in [0.3, 0.4) is 0 Å². The van der Waals surface area contributed by atoms with Gasteiger partial charge in [0.2, 0.25) is 11.9 Å². The fourth-order valence-electron chi connectivity index (χ4n) is 2.21. The summed E-state index contributed by atoms with van der Waals surface area (Å²) in [6.07, 6.45) is 1.75. The molecular formula is C14H18N8O3S. The minimum atomic E-state index is -0.730. The van der Waals surface area contributed by atoms with Crippen molar-refractivity contribution in [2.75, 3.05) is 23.9 Å². The molecule has 2 aromatic rings. The van der Waals surface area contributed by atoms with Crippen molar-refractivity contribution in [2.45, 2.75) is 24.5 Å². The number of methoxy groups -OCH3 is 1. The van der Waals surface area contributed by atoms with Crippen molar-refractivity contribution >= 4 is 35.4 Å². The minimum absolute atomic E-state index is 0.00694. The predicted octanol–water partition coefficient (Wildman–Crippen LogP) is 0.320. The number of hydrogen-bond donors (Lipinski definition) is 2. The lowest BCUT2D eigenvalue weighted by Crippen LogP contribution is -2.28. The number of thioether (sulfide) groups is 1. The Hall–Kier alpha value is -3.07. The number of carbonyl (C=O) groups excluding carboxylic acids is 2. The van der Waals surface area contributed by atoms with Gasteiger partial charge in [-0.2, -0.15) is 10.4 Å². The van der Waals surface area contributed by atoms with E-state index in [1.807, 2.05) is 6.07 Å². The number of amides is 1. The highest BCUT2D eigenvalue weighted by atomic mass is 32.2. The molecule has 0 saturated heterocycles. The zero-order valence-corrected chi connectivity index (χ0v) is 15.3. The maximum absolute atomic E-state index is 12.8. The van der Waals surface area contributed by atoms with E-state index < -0.39 is 17.9 Å². The number of nitrogens with two attached hydrogens (primary N) is 1. The van der Waals surface area contributed by atoms with Crippen LogP contribution in [-0.2, 0) is 21.4 Å². The average molecular weight is 378 g/mol. The molecule has 1 unspecified atom stereocenters. The number of aromatic nitrogens is 5. The largest absolute Gasteiger partial charge is 0.468 e. The molecule has 0 saturated carbocycles. The molecular weight excluding hydrogens is 360 g/mol. The lowest BCUT2D eigenvalue weighted by molar-refractivity contribution is -0.137. The normalized spacial score (nSPS) is 11.6. The second-order valence-electron chi connectivity index (χ2n) is 5.13. The molecule has 0 spiro atoms. The molecule has 0 aromatic carbocycles. The number of nitrogen functional groups attached to an aromatic ring is 1. The molecule has 1 amide bonds. The molecule has 2 rings (SSSR count). The van der Waals surface area contributed by atoms with Crippen LogP contribution in [-0.4, -0.2) is 49.3 Å². The molecule has 11 nitrogen and oxygen atoms in total. The van der Waals surface area contributed by atoms with Crippen molar-refractivity contribution in [3.05, 3.63) is 11.8 Å². The number of carbonyl (C=O) groups is 2. The van der Waals surface area contributed by atoms with Gasteiger partial charge in [-0.25, -0.2) is 0 Å². The van der Waals surface area contributed by atoms with Gasteiger partial charge in [0, 0.05) is 7.05 Å². The monoisotopic (exact) mass is 378 g/mol. The summed E-state index contributed by atoms with van der Waals surface area (Å²) in [7, 11) is 2.90. The summed E-state index contributed by atoms with van der Waals surface area (Å²) in [5.41, 5.74) is 6.11. The summed E-state index contributed by atoms with van der Waals surface area (Å²) in [4.78, 5) is 24.1. The van der Waals surface area contributed by atoms with Gasteiger partial charge in [-0.3, -0.25) is 18.8 Å². The van der Waals surface area contributed by atoms with E-state index in [-0.39, 0.29) is 23.1 Å². The first-order chi connectivity index (χ1) is 12.4. The van der Waals surface area contributed by atoms with E-state index >= 15 is 0 Å². The molecule has 0 aliphatic rings. The number of nitrogens with zero attached hydrogens (tertiary/aromatic N) is 6. The first kappa shape index (κ1) is 19.3.